The van der Waals surface area contributed by atoms with E-state index in [4.69, 9.17) is 19.1 Å². The third kappa shape index (κ3) is 5.01. The topological polar surface area (TPSA) is 61.6 Å². The Bertz CT molecular complexity index is 613. The van der Waals surface area contributed by atoms with E-state index in [-0.39, 0.29) is 13.2 Å². The number of benzene rings is 2. The van der Waals surface area contributed by atoms with Crippen LogP contribution in [0.3, 0.4) is 0 Å². The molecular formula is C18H18N2O4. The molecule has 0 unspecified atom stereocenters. The molecule has 1 aliphatic rings. The van der Waals surface area contributed by atoms with Gasteiger partial charge < -0.3 is 19.1 Å². The van der Waals surface area contributed by atoms with Crippen molar-refractivity contribution in [2.75, 3.05) is 13.2 Å². The third-order valence-electron chi connectivity index (χ3n) is 3.21. The van der Waals surface area contributed by atoms with Crippen LogP contribution >= 0.6 is 0 Å². The molecule has 1 fully saturated rings. The molecule has 0 N–H and O–H groups in total. The maximum Gasteiger partial charge on any atom is 0.264 e. The molecule has 0 aromatic heterocycles. The van der Waals surface area contributed by atoms with Gasteiger partial charge in [-0.2, -0.15) is 0 Å². The average Bonchev–Trinajstić information content (AvgIpc) is 2.65. The van der Waals surface area contributed by atoms with Crippen molar-refractivity contribution in [2.45, 2.75) is 13.2 Å². The van der Waals surface area contributed by atoms with Gasteiger partial charge >= 0.3 is 0 Å². The number of hydrogen-bond acceptors (Lipinski definition) is 6. The molecular weight excluding hydrogens is 308 g/mol. The van der Waals surface area contributed by atoms with Gasteiger partial charge in [-0.15, -0.1) is 0 Å². The fourth-order valence-electron chi connectivity index (χ4n) is 1.98. The summed E-state index contributed by atoms with van der Waals surface area (Å²) in [5.41, 5.74) is 2.07. The summed E-state index contributed by atoms with van der Waals surface area (Å²) >= 11 is 0. The largest absolute Gasteiger partial charge is 0.466 e. The van der Waals surface area contributed by atoms with Crippen LogP contribution in [0.15, 0.2) is 71.0 Å². The number of ether oxygens (including phenoxy) is 2. The summed E-state index contributed by atoms with van der Waals surface area (Å²) in [6.07, 6.45) is 0. The third-order valence-corrected chi connectivity index (χ3v) is 3.21. The summed E-state index contributed by atoms with van der Waals surface area (Å²) < 4.78 is 10.8. The molecule has 1 aliphatic heterocycles. The highest BCUT2D eigenvalue weighted by Crippen LogP contribution is 2.05. The number of hydrogen-bond donors (Lipinski definition) is 0. The van der Waals surface area contributed by atoms with Gasteiger partial charge in [0.1, 0.15) is 13.2 Å². The van der Waals surface area contributed by atoms with Crippen LogP contribution in [0.5, 0.6) is 0 Å². The van der Waals surface area contributed by atoms with Crippen LogP contribution in [0.2, 0.25) is 0 Å². The van der Waals surface area contributed by atoms with Crippen LogP contribution in [0, 0.1) is 0 Å². The van der Waals surface area contributed by atoms with E-state index in [0.29, 0.717) is 25.0 Å². The fraction of sp³-hybridized carbons (Fsp3) is 0.222. The van der Waals surface area contributed by atoms with Gasteiger partial charge in [0, 0.05) is 0 Å². The van der Waals surface area contributed by atoms with Gasteiger partial charge in [-0.05, 0) is 21.4 Å². The maximum absolute atomic E-state index is 5.42. The van der Waals surface area contributed by atoms with Gasteiger partial charge in [-0.1, -0.05) is 60.7 Å². The van der Waals surface area contributed by atoms with Crippen molar-refractivity contribution in [1.82, 2.24) is 0 Å². The first-order valence-corrected chi connectivity index (χ1v) is 7.61. The molecule has 6 nitrogen and oxygen atoms in total. The Morgan fingerprint density at radius 1 is 0.667 bits per heavy atom. The predicted octanol–water partition coefficient (Wildman–Crippen LogP) is 3.09. The van der Waals surface area contributed by atoms with Crippen LogP contribution in [-0.4, -0.2) is 25.0 Å². The van der Waals surface area contributed by atoms with Gasteiger partial charge in [0.25, 0.3) is 11.8 Å². The Balaban J connectivity index is 1.39. The molecule has 124 valence electrons. The Morgan fingerprint density at radius 3 is 1.46 bits per heavy atom. The number of oxime groups is 2. The van der Waals surface area contributed by atoms with Crippen LogP contribution in [0.4, 0.5) is 0 Å². The Hall–Kier alpha value is -3.02. The molecule has 2 aromatic carbocycles. The molecule has 6 heteroatoms. The molecule has 0 radical (unpaired) electrons. The predicted molar refractivity (Wildman–Crippen MR) is 89.2 cm³/mol. The first-order chi connectivity index (χ1) is 11.9. The van der Waals surface area contributed by atoms with E-state index in [1.165, 1.54) is 0 Å². The molecule has 3 rings (SSSR count). The van der Waals surface area contributed by atoms with Crippen molar-refractivity contribution in [1.29, 1.82) is 0 Å². The minimum absolute atomic E-state index is 0.169. The first kappa shape index (κ1) is 15.9. The maximum atomic E-state index is 5.42. The van der Waals surface area contributed by atoms with Gasteiger partial charge in [-0.25, -0.2) is 0 Å². The molecule has 0 saturated carbocycles. The zero-order chi connectivity index (χ0) is 16.5. The van der Waals surface area contributed by atoms with Crippen LogP contribution in [0.25, 0.3) is 0 Å². The second-order valence-electron chi connectivity index (χ2n) is 5.07. The van der Waals surface area contributed by atoms with Crippen molar-refractivity contribution in [3.63, 3.8) is 0 Å². The lowest BCUT2D eigenvalue weighted by atomic mass is 10.2. The molecule has 0 atom stereocenters. The molecule has 1 saturated heterocycles. The highest BCUT2D eigenvalue weighted by atomic mass is 16.7. The Labute approximate surface area is 140 Å². The van der Waals surface area contributed by atoms with E-state index in [1.807, 2.05) is 60.7 Å². The van der Waals surface area contributed by atoms with Crippen molar-refractivity contribution >= 4 is 11.8 Å². The summed E-state index contributed by atoms with van der Waals surface area (Å²) in [6.45, 7) is 1.11. The lowest BCUT2D eigenvalue weighted by Gasteiger charge is -2.17. The molecule has 24 heavy (non-hydrogen) atoms. The van der Waals surface area contributed by atoms with E-state index in [1.54, 1.807) is 0 Å². The Kier molecular flexibility index (Phi) is 5.66. The standard InChI is InChI=1S/C18H18N2O4/c1-3-7-15(8-4-1)11-23-19-17-13-22-18(14-21-17)20-24-12-16-9-5-2-6-10-16/h1-10H,11-14H2. The van der Waals surface area contributed by atoms with E-state index in [0.717, 1.165) is 11.1 Å². The number of rotatable bonds is 6. The normalized spacial score (nSPS) is 17.2. The van der Waals surface area contributed by atoms with Gasteiger partial charge in [0.2, 0.25) is 0 Å². The van der Waals surface area contributed by atoms with Crippen LogP contribution in [0.1, 0.15) is 11.1 Å². The van der Waals surface area contributed by atoms with Crippen molar-refractivity contribution in [3.8, 4) is 0 Å². The lowest BCUT2D eigenvalue weighted by molar-refractivity contribution is 0.0960. The van der Waals surface area contributed by atoms with Crippen molar-refractivity contribution in [2.24, 2.45) is 10.3 Å². The minimum atomic E-state index is 0.169. The summed E-state index contributed by atoms with van der Waals surface area (Å²) in [5, 5.41) is 7.83. The van der Waals surface area contributed by atoms with Crippen molar-refractivity contribution in [3.05, 3.63) is 71.8 Å². The van der Waals surface area contributed by atoms with Gasteiger partial charge in [0.15, 0.2) is 13.2 Å². The number of nitrogens with zero attached hydrogens (tertiary/aromatic N) is 2. The zero-order valence-electron chi connectivity index (χ0n) is 13.1. The molecule has 0 bridgehead atoms. The fourth-order valence-corrected chi connectivity index (χ4v) is 1.98. The van der Waals surface area contributed by atoms with E-state index < -0.39 is 0 Å². The zero-order valence-corrected chi connectivity index (χ0v) is 13.1. The molecule has 0 aliphatic carbocycles. The van der Waals surface area contributed by atoms with Crippen LogP contribution in [-0.2, 0) is 32.4 Å². The summed E-state index contributed by atoms with van der Waals surface area (Å²) in [5.74, 6) is 0.765. The van der Waals surface area contributed by atoms with Crippen LogP contribution < -0.4 is 0 Å². The van der Waals surface area contributed by atoms with Gasteiger partial charge in [0.05, 0.1) is 0 Å². The molecule has 2 aromatic rings. The quantitative estimate of drug-likeness (QED) is 0.765. The summed E-state index contributed by atoms with van der Waals surface area (Å²) in [4.78, 5) is 10.5. The summed E-state index contributed by atoms with van der Waals surface area (Å²) in [7, 11) is 0. The SMILES string of the molecule is c1ccc(CON=C2COC(=NOCc3ccccc3)CO2)cc1. The summed E-state index contributed by atoms with van der Waals surface area (Å²) in [6, 6.07) is 19.6. The van der Waals surface area contributed by atoms with E-state index in [9.17, 15) is 0 Å². The second-order valence-corrected chi connectivity index (χ2v) is 5.07. The lowest BCUT2D eigenvalue weighted by Crippen LogP contribution is -2.29. The highest BCUT2D eigenvalue weighted by molar-refractivity contribution is 5.88. The first-order valence-electron chi connectivity index (χ1n) is 7.61. The van der Waals surface area contributed by atoms with E-state index >= 15 is 0 Å². The molecule has 0 spiro atoms. The van der Waals surface area contributed by atoms with Crippen molar-refractivity contribution < 1.29 is 19.1 Å². The molecule has 1 heterocycles. The second kappa shape index (κ2) is 8.57. The monoisotopic (exact) mass is 326 g/mol. The minimum Gasteiger partial charge on any atom is -0.466 e. The molecule has 0 amide bonds. The average molecular weight is 326 g/mol. The Morgan fingerprint density at radius 2 is 1.08 bits per heavy atom. The van der Waals surface area contributed by atoms with Gasteiger partial charge in [-0.3, -0.25) is 0 Å². The smallest absolute Gasteiger partial charge is 0.264 e. The highest BCUT2D eigenvalue weighted by Gasteiger charge is 2.16. The van der Waals surface area contributed by atoms with E-state index in [2.05, 4.69) is 10.3 Å².